The third kappa shape index (κ3) is 7.63. The van der Waals surface area contributed by atoms with Crippen molar-refractivity contribution in [1.82, 2.24) is 19.7 Å². The van der Waals surface area contributed by atoms with Crippen LogP contribution >= 0.6 is 11.8 Å². The van der Waals surface area contributed by atoms with Gasteiger partial charge in [0, 0.05) is 30.1 Å². The zero-order valence-corrected chi connectivity index (χ0v) is 18.6. The van der Waals surface area contributed by atoms with E-state index in [-0.39, 0.29) is 60.2 Å². The average molecular weight is 511 g/mol. The molecule has 1 aliphatic carbocycles. The maximum Gasteiger partial charge on any atom is 0.441 e. The summed E-state index contributed by atoms with van der Waals surface area (Å²) < 4.78 is 64.6. The van der Waals surface area contributed by atoms with Crippen molar-refractivity contribution in [3.8, 4) is 0 Å². The molecule has 3 atom stereocenters. The number of carbonyl (C=O) groups excluding carboxylic acids is 1. The summed E-state index contributed by atoms with van der Waals surface area (Å²) in [7, 11) is -4.13. The lowest BCUT2D eigenvalue weighted by atomic mass is 10.1. The van der Waals surface area contributed by atoms with Crippen LogP contribution < -0.4 is 10.5 Å². The molecule has 2 aromatic rings. The van der Waals surface area contributed by atoms with Crippen LogP contribution in [0.25, 0.3) is 0 Å². The molecule has 1 aliphatic rings. The third-order valence-corrected chi connectivity index (χ3v) is 6.04. The number of aromatic nitrogens is 4. The second kappa shape index (κ2) is 10.3. The van der Waals surface area contributed by atoms with Crippen LogP contribution in [0.15, 0.2) is 24.8 Å². The Labute approximate surface area is 191 Å². The van der Waals surface area contributed by atoms with E-state index >= 15 is 0 Å². The van der Waals surface area contributed by atoms with E-state index in [0.717, 1.165) is 0 Å². The highest BCUT2D eigenvalue weighted by Gasteiger charge is 2.35. The second-order valence-corrected chi connectivity index (χ2v) is 9.67. The highest BCUT2D eigenvalue weighted by Crippen LogP contribution is 2.31. The third-order valence-electron chi connectivity index (χ3n) is 4.86. The monoisotopic (exact) mass is 510 g/mol. The zero-order chi connectivity index (χ0) is 24.2. The highest BCUT2D eigenvalue weighted by atomic mass is 32.2. The smallest absolute Gasteiger partial charge is 0.393 e. The largest absolute Gasteiger partial charge is 0.441 e. The number of nitrogens with zero attached hydrogens (tertiary/aromatic N) is 4. The molecule has 2 heterocycles. The normalized spacial score (nSPS) is 21.3. The summed E-state index contributed by atoms with van der Waals surface area (Å²) in [6.07, 6.45) is 3.64. The first-order valence-electron chi connectivity index (χ1n) is 9.62. The van der Waals surface area contributed by atoms with Gasteiger partial charge in [-0.2, -0.15) is 26.7 Å². The first kappa shape index (κ1) is 25.4. The minimum Gasteiger partial charge on any atom is -0.393 e. The molecule has 4 N–H and O–H groups in total. The van der Waals surface area contributed by atoms with E-state index in [1.165, 1.54) is 29.5 Å². The lowest BCUT2D eigenvalue weighted by Gasteiger charge is -2.15. The van der Waals surface area contributed by atoms with Gasteiger partial charge in [-0.25, -0.2) is 15.1 Å². The van der Waals surface area contributed by atoms with Gasteiger partial charge in [0.1, 0.15) is 17.8 Å². The number of aryl methyl sites for hydroxylation is 1. The Morgan fingerprint density at radius 2 is 2.15 bits per heavy atom. The van der Waals surface area contributed by atoms with Crippen molar-refractivity contribution in [2.45, 2.75) is 37.0 Å². The number of ketones is 1. The van der Waals surface area contributed by atoms with E-state index in [0.29, 0.717) is 6.42 Å². The summed E-state index contributed by atoms with van der Waals surface area (Å²) in [5.74, 6) is -1.09. The summed E-state index contributed by atoms with van der Waals surface area (Å²) in [5.41, 5.74) is -4.24. The molecule has 3 rings (SSSR count). The fourth-order valence-corrected chi connectivity index (χ4v) is 4.26. The molecule has 0 bridgehead atoms. The Morgan fingerprint density at radius 1 is 1.39 bits per heavy atom. The van der Waals surface area contributed by atoms with Crippen LogP contribution in [0.4, 0.5) is 19.0 Å². The van der Waals surface area contributed by atoms with E-state index in [2.05, 4.69) is 24.6 Å². The SMILES string of the molecule is NS(=O)(=O)OC[C@H]1C[C@@H](Nc2ncncc2C(=O)c2ccn(CCSC(F)(F)F)n2)C[C@@H]1O. The predicted octanol–water partition coefficient (Wildman–Crippen LogP) is 0.929. The Kier molecular flexibility index (Phi) is 7.94. The molecule has 11 nitrogen and oxygen atoms in total. The van der Waals surface area contributed by atoms with Gasteiger partial charge in [0.25, 0.3) is 0 Å². The number of halogens is 3. The van der Waals surface area contributed by atoms with Crippen molar-refractivity contribution in [1.29, 1.82) is 0 Å². The topological polar surface area (TPSA) is 162 Å². The summed E-state index contributed by atoms with van der Waals surface area (Å²) in [5, 5.41) is 22.1. The predicted molar refractivity (Wildman–Crippen MR) is 111 cm³/mol. The summed E-state index contributed by atoms with van der Waals surface area (Å²) in [6.45, 7) is -0.312. The Morgan fingerprint density at radius 3 is 2.85 bits per heavy atom. The quantitative estimate of drug-likeness (QED) is 0.392. The van der Waals surface area contributed by atoms with Crippen molar-refractivity contribution in [3.05, 3.63) is 36.0 Å². The van der Waals surface area contributed by atoms with Crippen molar-refractivity contribution < 1.29 is 35.7 Å². The van der Waals surface area contributed by atoms with Crippen LogP contribution in [-0.4, -0.2) is 69.1 Å². The van der Waals surface area contributed by atoms with E-state index in [9.17, 15) is 31.5 Å². The average Bonchev–Trinajstić information content (AvgIpc) is 3.31. The van der Waals surface area contributed by atoms with Crippen LogP contribution in [0.5, 0.6) is 0 Å². The number of aliphatic hydroxyl groups excluding tert-OH is 1. The van der Waals surface area contributed by atoms with Crippen molar-refractivity contribution >= 4 is 33.7 Å². The van der Waals surface area contributed by atoms with Gasteiger partial charge in [0.15, 0.2) is 0 Å². The molecule has 0 aliphatic heterocycles. The molecule has 0 radical (unpaired) electrons. The van der Waals surface area contributed by atoms with Gasteiger partial charge in [-0.3, -0.25) is 13.7 Å². The Hall–Kier alpha value is -2.27. The van der Waals surface area contributed by atoms with Gasteiger partial charge in [0.2, 0.25) is 5.78 Å². The summed E-state index contributed by atoms with van der Waals surface area (Å²) in [4.78, 5) is 20.8. The maximum absolute atomic E-state index is 12.9. The number of thioether (sulfide) groups is 1. The molecule has 33 heavy (non-hydrogen) atoms. The standard InChI is InChI=1S/C17H21F3N6O5S2/c18-17(19,20)32-4-3-26-2-1-13(25-26)15(28)12-7-22-9-23-16(12)24-11-5-10(14(27)6-11)8-31-33(21,29)30/h1-2,7,9-11,14,27H,3-6,8H2,(H2,21,29,30)(H,22,23,24)/t10-,11-,14+/m1/s1. The number of anilines is 1. The van der Waals surface area contributed by atoms with Gasteiger partial charge in [-0.05, 0) is 30.7 Å². The van der Waals surface area contributed by atoms with Gasteiger partial charge in [-0.15, -0.1) is 0 Å². The molecular formula is C17H21F3N6O5S2. The fraction of sp³-hybridized carbons (Fsp3) is 0.529. The molecule has 0 spiro atoms. The molecule has 0 amide bonds. The number of hydrogen-bond donors (Lipinski definition) is 3. The van der Waals surface area contributed by atoms with E-state index < -0.39 is 33.6 Å². The van der Waals surface area contributed by atoms with Crippen LogP contribution in [0.1, 0.15) is 28.9 Å². The van der Waals surface area contributed by atoms with Gasteiger partial charge in [-0.1, -0.05) is 0 Å². The Balaban J connectivity index is 1.64. The Bertz CT molecular complexity index is 1080. The molecule has 182 valence electrons. The second-order valence-electron chi connectivity index (χ2n) is 7.29. The van der Waals surface area contributed by atoms with Gasteiger partial charge in [0.05, 0.1) is 24.8 Å². The van der Waals surface area contributed by atoms with Crippen LogP contribution in [0.2, 0.25) is 0 Å². The summed E-state index contributed by atoms with van der Waals surface area (Å²) in [6, 6.07) is 1.05. The molecule has 2 aromatic heterocycles. The number of hydrogen-bond acceptors (Lipinski definition) is 10. The van der Waals surface area contributed by atoms with E-state index in [4.69, 9.17) is 5.14 Å². The molecule has 1 fully saturated rings. The lowest BCUT2D eigenvalue weighted by Crippen LogP contribution is -2.24. The minimum absolute atomic E-state index is 0.00995. The van der Waals surface area contributed by atoms with Crippen molar-refractivity contribution in [2.75, 3.05) is 17.7 Å². The molecule has 0 aromatic carbocycles. The number of carbonyl (C=O) groups is 1. The summed E-state index contributed by atoms with van der Waals surface area (Å²) >= 11 is -0.178. The number of nitrogens with one attached hydrogen (secondary N) is 1. The van der Waals surface area contributed by atoms with Crippen LogP contribution in [-0.2, 0) is 21.0 Å². The highest BCUT2D eigenvalue weighted by molar-refractivity contribution is 8.00. The number of alkyl halides is 3. The van der Waals surface area contributed by atoms with Gasteiger partial charge >= 0.3 is 15.8 Å². The molecule has 1 saturated carbocycles. The minimum atomic E-state index is -4.34. The first-order chi connectivity index (χ1) is 15.4. The number of nitrogens with two attached hydrogens (primary N) is 1. The lowest BCUT2D eigenvalue weighted by molar-refractivity contribution is -0.0328. The molecule has 16 heteroatoms. The molecule has 0 saturated heterocycles. The van der Waals surface area contributed by atoms with Crippen LogP contribution in [0.3, 0.4) is 0 Å². The van der Waals surface area contributed by atoms with Gasteiger partial charge < -0.3 is 10.4 Å². The molecular weight excluding hydrogens is 489 g/mol. The van der Waals surface area contributed by atoms with Crippen LogP contribution in [0, 0.1) is 5.92 Å². The fourth-order valence-electron chi connectivity index (χ4n) is 3.39. The van der Waals surface area contributed by atoms with E-state index in [1.54, 1.807) is 0 Å². The zero-order valence-electron chi connectivity index (χ0n) is 17.0. The number of aliphatic hydroxyl groups is 1. The van der Waals surface area contributed by atoms with Crippen molar-refractivity contribution in [2.24, 2.45) is 11.1 Å². The van der Waals surface area contributed by atoms with Crippen molar-refractivity contribution in [3.63, 3.8) is 0 Å². The number of rotatable bonds is 10. The van der Waals surface area contributed by atoms with E-state index in [1.807, 2.05) is 0 Å². The molecule has 0 unspecified atom stereocenters. The first-order valence-corrected chi connectivity index (χ1v) is 12.1. The maximum atomic E-state index is 12.9.